The first-order chi connectivity index (χ1) is 22.7. The summed E-state index contributed by atoms with van der Waals surface area (Å²) >= 11 is 0. The van der Waals surface area contributed by atoms with Crippen molar-refractivity contribution in [3.8, 4) is 11.5 Å². The number of rotatable bonds is 17. The number of nitrogens with zero attached hydrogens (tertiary/aromatic N) is 1. The highest BCUT2D eigenvalue weighted by Gasteiger charge is 2.30. The molecule has 0 bridgehead atoms. The van der Waals surface area contributed by atoms with Gasteiger partial charge in [0.2, 0.25) is 5.91 Å². The van der Waals surface area contributed by atoms with E-state index in [1.807, 2.05) is 42.5 Å². The summed E-state index contributed by atoms with van der Waals surface area (Å²) in [6.45, 7) is 2.36. The molecule has 0 fully saturated rings. The molecule has 0 radical (unpaired) electrons. The Morgan fingerprint density at radius 3 is 2.13 bits per heavy atom. The quantitative estimate of drug-likeness (QED) is 0.135. The van der Waals surface area contributed by atoms with E-state index in [0.29, 0.717) is 18.7 Å². The van der Waals surface area contributed by atoms with Gasteiger partial charge in [0.25, 0.3) is 15.9 Å². The summed E-state index contributed by atoms with van der Waals surface area (Å²) in [5, 5.41) is 3.02. The van der Waals surface area contributed by atoms with E-state index in [0.717, 1.165) is 42.5 Å². The molecule has 0 heterocycles. The maximum Gasteiger partial charge on any atom is 0.261 e. The van der Waals surface area contributed by atoms with Crippen LogP contribution in [0.4, 0.5) is 10.1 Å². The molecule has 0 saturated heterocycles. The Kier molecular flexibility index (Phi) is 12.7. The molecule has 0 aliphatic rings. The van der Waals surface area contributed by atoms with Crippen LogP contribution in [-0.2, 0) is 32.6 Å². The number of ether oxygens (including phenoxy) is 2. The van der Waals surface area contributed by atoms with Crippen molar-refractivity contribution in [1.82, 2.24) is 10.2 Å². The van der Waals surface area contributed by atoms with Crippen molar-refractivity contribution in [3.63, 3.8) is 0 Å². The number of hydrogen-bond acceptors (Lipinski definition) is 6. The zero-order valence-electron chi connectivity index (χ0n) is 26.5. The third-order valence-electron chi connectivity index (χ3n) is 7.46. The summed E-state index contributed by atoms with van der Waals surface area (Å²) in [6, 6.07) is 26.5. The minimum absolute atomic E-state index is 0.0377. The highest BCUT2D eigenvalue weighted by atomic mass is 32.2. The van der Waals surface area contributed by atoms with E-state index in [4.69, 9.17) is 9.47 Å². The Labute approximate surface area is 275 Å². The van der Waals surface area contributed by atoms with Crippen LogP contribution >= 0.6 is 0 Å². The van der Waals surface area contributed by atoms with Crippen LogP contribution in [0.1, 0.15) is 37.3 Å². The lowest BCUT2D eigenvalue weighted by Gasteiger charge is -2.31. The Balaban J connectivity index is 1.53. The highest BCUT2D eigenvalue weighted by molar-refractivity contribution is 7.92. The summed E-state index contributed by atoms with van der Waals surface area (Å²) in [7, 11) is -2.37. The molecule has 9 nitrogen and oxygen atoms in total. The highest BCUT2D eigenvalue weighted by Crippen LogP contribution is 2.21. The molecule has 0 aliphatic carbocycles. The number of methoxy groups -OCH3 is 1. The molecule has 0 saturated carbocycles. The largest absolute Gasteiger partial charge is 0.497 e. The third kappa shape index (κ3) is 10.6. The predicted octanol–water partition coefficient (Wildman–Crippen LogP) is 5.96. The van der Waals surface area contributed by atoms with Gasteiger partial charge in [0.15, 0.2) is 6.61 Å². The van der Waals surface area contributed by atoms with Crippen molar-refractivity contribution >= 4 is 27.5 Å². The number of benzene rings is 4. The van der Waals surface area contributed by atoms with Crippen LogP contribution in [0.5, 0.6) is 11.5 Å². The number of unbranched alkanes of at least 4 members (excludes halogenated alkanes) is 2. The summed E-state index contributed by atoms with van der Waals surface area (Å²) < 4.78 is 52.3. The lowest BCUT2D eigenvalue weighted by atomic mass is 10.0. The van der Waals surface area contributed by atoms with Crippen molar-refractivity contribution in [2.45, 2.75) is 50.1 Å². The van der Waals surface area contributed by atoms with E-state index in [1.165, 1.54) is 41.3 Å². The van der Waals surface area contributed by atoms with Crippen LogP contribution in [0, 0.1) is 5.82 Å². The average molecular weight is 662 g/mol. The fourth-order valence-corrected chi connectivity index (χ4v) is 5.92. The van der Waals surface area contributed by atoms with Gasteiger partial charge in [-0.25, -0.2) is 12.8 Å². The summed E-state index contributed by atoms with van der Waals surface area (Å²) in [6.07, 6.45) is 3.13. The molecule has 4 aromatic rings. The number of carbonyl (C=O) groups is 2. The molecular formula is C36H40FN3O6S. The Hall–Kier alpha value is -4.90. The summed E-state index contributed by atoms with van der Waals surface area (Å²) in [5.74, 6) is -0.212. The van der Waals surface area contributed by atoms with Crippen LogP contribution in [0.3, 0.4) is 0 Å². The molecule has 248 valence electrons. The van der Waals surface area contributed by atoms with Gasteiger partial charge < -0.3 is 19.7 Å². The van der Waals surface area contributed by atoms with Crippen molar-refractivity contribution in [3.05, 3.63) is 120 Å². The molecule has 4 aromatic carbocycles. The van der Waals surface area contributed by atoms with Gasteiger partial charge in [0.1, 0.15) is 23.4 Å². The molecule has 0 aliphatic heterocycles. The van der Waals surface area contributed by atoms with Crippen LogP contribution in [-0.4, -0.2) is 51.4 Å². The fraction of sp³-hybridized carbons (Fsp3) is 0.278. The SMILES string of the molecule is CCCCCNC(=O)[C@@H](Cc1ccccc1)N(Cc1ccc(OC)cc1)C(=O)COc1ccc(S(=O)(=O)Nc2ccc(F)cc2)cc1. The van der Waals surface area contributed by atoms with Crippen molar-refractivity contribution in [2.24, 2.45) is 0 Å². The molecule has 0 spiro atoms. The number of hydrogen-bond donors (Lipinski definition) is 2. The Morgan fingerprint density at radius 2 is 1.49 bits per heavy atom. The number of sulfonamides is 1. The van der Waals surface area contributed by atoms with Crippen LogP contribution in [0.15, 0.2) is 108 Å². The number of anilines is 1. The second kappa shape index (κ2) is 17.1. The van der Waals surface area contributed by atoms with Crippen molar-refractivity contribution in [1.29, 1.82) is 0 Å². The first kappa shape index (κ1) is 35.0. The second-order valence-electron chi connectivity index (χ2n) is 10.9. The maximum atomic E-state index is 13.9. The number of carbonyl (C=O) groups excluding carboxylic acids is 2. The van der Waals surface area contributed by atoms with E-state index in [2.05, 4.69) is 17.0 Å². The van der Waals surface area contributed by atoms with Gasteiger partial charge in [0, 0.05) is 25.2 Å². The van der Waals surface area contributed by atoms with Gasteiger partial charge in [-0.3, -0.25) is 14.3 Å². The first-order valence-corrected chi connectivity index (χ1v) is 16.9. The molecule has 2 N–H and O–H groups in total. The maximum absolute atomic E-state index is 13.9. The number of halogens is 1. The fourth-order valence-electron chi connectivity index (χ4n) is 4.86. The van der Waals surface area contributed by atoms with E-state index in [1.54, 1.807) is 19.2 Å². The van der Waals surface area contributed by atoms with Crippen LogP contribution < -0.4 is 19.5 Å². The van der Waals surface area contributed by atoms with E-state index in [-0.39, 0.29) is 35.4 Å². The van der Waals surface area contributed by atoms with Gasteiger partial charge in [-0.15, -0.1) is 0 Å². The van der Waals surface area contributed by atoms with Crippen LogP contribution in [0.25, 0.3) is 0 Å². The van der Waals surface area contributed by atoms with E-state index < -0.39 is 27.8 Å². The average Bonchev–Trinajstić information content (AvgIpc) is 3.09. The first-order valence-electron chi connectivity index (χ1n) is 15.4. The molecule has 0 unspecified atom stereocenters. The van der Waals surface area contributed by atoms with Gasteiger partial charge in [-0.1, -0.05) is 62.2 Å². The van der Waals surface area contributed by atoms with Gasteiger partial charge in [-0.05, 0) is 78.2 Å². The second-order valence-corrected chi connectivity index (χ2v) is 12.6. The zero-order valence-corrected chi connectivity index (χ0v) is 27.3. The smallest absolute Gasteiger partial charge is 0.261 e. The molecule has 0 aromatic heterocycles. The predicted molar refractivity (Wildman–Crippen MR) is 179 cm³/mol. The monoisotopic (exact) mass is 661 g/mol. The molecule has 2 amide bonds. The van der Waals surface area contributed by atoms with Gasteiger partial charge in [0.05, 0.1) is 12.0 Å². The van der Waals surface area contributed by atoms with E-state index >= 15 is 0 Å². The molecule has 47 heavy (non-hydrogen) atoms. The number of nitrogens with one attached hydrogen (secondary N) is 2. The number of amides is 2. The lowest BCUT2D eigenvalue weighted by molar-refractivity contribution is -0.142. The standard InChI is InChI=1S/C36H40FN3O6S/c1-3-4-8-23-38-36(42)34(24-27-9-6-5-7-10-27)40(25-28-11-17-31(45-2)18-12-28)35(41)26-46-32-19-21-33(22-20-32)47(43,44)39-30-15-13-29(37)14-16-30/h5-7,9-22,34,39H,3-4,8,23-26H2,1-2H3,(H,38,42)/t34-/m1/s1. The molecule has 4 rings (SSSR count). The Morgan fingerprint density at radius 1 is 0.830 bits per heavy atom. The van der Waals surface area contributed by atoms with Crippen LogP contribution in [0.2, 0.25) is 0 Å². The summed E-state index contributed by atoms with van der Waals surface area (Å²) in [4.78, 5) is 29.0. The molecule has 11 heteroatoms. The Bertz CT molecular complexity index is 1680. The van der Waals surface area contributed by atoms with E-state index in [9.17, 15) is 22.4 Å². The topological polar surface area (TPSA) is 114 Å². The minimum atomic E-state index is -3.95. The van der Waals surface area contributed by atoms with Crippen molar-refractivity contribution in [2.75, 3.05) is 25.0 Å². The normalized spacial score (nSPS) is 11.7. The van der Waals surface area contributed by atoms with Gasteiger partial charge >= 0.3 is 0 Å². The minimum Gasteiger partial charge on any atom is -0.497 e. The molecule has 1 atom stereocenters. The lowest BCUT2D eigenvalue weighted by Crippen LogP contribution is -2.51. The van der Waals surface area contributed by atoms with Gasteiger partial charge in [-0.2, -0.15) is 0 Å². The molecular weight excluding hydrogens is 621 g/mol. The third-order valence-corrected chi connectivity index (χ3v) is 8.85. The summed E-state index contributed by atoms with van der Waals surface area (Å²) in [5.41, 5.74) is 1.92. The van der Waals surface area contributed by atoms with Crippen molar-refractivity contribution < 1.29 is 31.9 Å². The zero-order chi connectivity index (χ0) is 33.6.